The summed E-state index contributed by atoms with van der Waals surface area (Å²) in [5.74, 6) is -0.0182. The third-order valence-corrected chi connectivity index (χ3v) is 4.72. The predicted octanol–water partition coefficient (Wildman–Crippen LogP) is 4.19. The van der Waals surface area contributed by atoms with Crippen molar-refractivity contribution in [3.8, 4) is 5.75 Å². The summed E-state index contributed by atoms with van der Waals surface area (Å²) >= 11 is 6.07. The Balaban J connectivity index is 1.62. The normalized spacial score (nSPS) is 11.7. The van der Waals surface area contributed by atoms with Crippen molar-refractivity contribution in [3.05, 3.63) is 71.2 Å². The van der Waals surface area contributed by atoms with Gasteiger partial charge in [-0.2, -0.15) is 0 Å². The predicted molar refractivity (Wildman–Crippen MR) is 112 cm³/mol. The molecule has 0 aliphatic carbocycles. The molecule has 0 aliphatic rings. The Morgan fingerprint density at radius 1 is 1.07 bits per heavy atom. The molecule has 3 rings (SSSR count). The van der Waals surface area contributed by atoms with Crippen molar-refractivity contribution in [1.82, 2.24) is 5.32 Å². The summed E-state index contributed by atoms with van der Waals surface area (Å²) < 4.78 is 5.09. The summed E-state index contributed by atoms with van der Waals surface area (Å²) in [6, 6.07) is 18.0. The van der Waals surface area contributed by atoms with Gasteiger partial charge in [0.25, 0.3) is 0 Å². The Hall–Kier alpha value is -3.05. The number of ether oxygens (including phenoxy) is 1. The number of hydrogen-bond acceptors (Lipinski definition) is 3. The molecule has 0 bridgehead atoms. The van der Waals surface area contributed by atoms with Crippen LogP contribution in [0.15, 0.2) is 60.7 Å². The van der Waals surface area contributed by atoms with Gasteiger partial charge in [0.2, 0.25) is 11.8 Å². The summed E-state index contributed by atoms with van der Waals surface area (Å²) in [5, 5.41) is 7.99. The molecular formula is C22H21ClN2O3. The first kappa shape index (κ1) is 19.7. The average molecular weight is 397 g/mol. The maximum atomic E-state index is 12.4. The van der Waals surface area contributed by atoms with Gasteiger partial charge in [-0.05, 0) is 41.5 Å². The van der Waals surface area contributed by atoms with E-state index in [2.05, 4.69) is 10.6 Å². The van der Waals surface area contributed by atoms with Gasteiger partial charge in [0.15, 0.2) is 0 Å². The zero-order chi connectivity index (χ0) is 20.1. The quantitative estimate of drug-likeness (QED) is 0.656. The van der Waals surface area contributed by atoms with E-state index in [-0.39, 0.29) is 18.2 Å². The average Bonchev–Trinajstić information content (AvgIpc) is 2.68. The van der Waals surface area contributed by atoms with Gasteiger partial charge in [0, 0.05) is 5.69 Å². The van der Waals surface area contributed by atoms with E-state index >= 15 is 0 Å². The van der Waals surface area contributed by atoms with Crippen LogP contribution in [-0.4, -0.2) is 25.0 Å². The minimum atomic E-state index is -0.691. The minimum absolute atomic E-state index is 0.202. The summed E-state index contributed by atoms with van der Waals surface area (Å²) in [7, 11) is 1.52. The standard InChI is InChI=1S/C22H21ClN2O3/c1-14(22(27)25-17-10-11-20(28-2)19(23)13-17)24-21(26)12-16-8-5-7-15-6-3-4-9-18(15)16/h3-11,13-14H,12H2,1-2H3,(H,24,26)(H,25,27)/t14-/m0/s1. The van der Waals surface area contributed by atoms with Gasteiger partial charge in [-0.25, -0.2) is 0 Å². The van der Waals surface area contributed by atoms with E-state index in [1.807, 2.05) is 42.5 Å². The van der Waals surface area contributed by atoms with Crippen molar-refractivity contribution < 1.29 is 14.3 Å². The van der Waals surface area contributed by atoms with Gasteiger partial charge in [-0.1, -0.05) is 54.1 Å². The zero-order valence-corrected chi connectivity index (χ0v) is 16.4. The van der Waals surface area contributed by atoms with Crippen molar-refractivity contribution in [2.45, 2.75) is 19.4 Å². The monoisotopic (exact) mass is 396 g/mol. The molecule has 0 saturated carbocycles. The summed E-state index contributed by atoms with van der Waals surface area (Å²) in [6.07, 6.45) is 0.202. The Kier molecular flexibility index (Phi) is 6.16. The van der Waals surface area contributed by atoms with Crippen LogP contribution in [0.1, 0.15) is 12.5 Å². The van der Waals surface area contributed by atoms with E-state index in [0.717, 1.165) is 16.3 Å². The van der Waals surface area contributed by atoms with Crippen LogP contribution in [-0.2, 0) is 16.0 Å². The summed E-state index contributed by atoms with van der Waals surface area (Å²) in [4.78, 5) is 24.8. The SMILES string of the molecule is COc1ccc(NC(=O)[C@H](C)NC(=O)Cc2cccc3ccccc23)cc1Cl. The van der Waals surface area contributed by atoms with E-state index < -0.39 is 6.04 Å². The molecule has 2 N–H and O–H groups in total. The van der Waals surface area contributed by atoms with Crippen LogP contribution in [0, 0.1) is 0 Å². The Bertz CT molecular complexity index is 1010. The number of nitrogens with one attached hydrogen (secondary N) is 2. The number of hydrogen-bond donors (Lipinski definition) is 2. The molecule has 3 aromatic carbocycles. The fourth-order valence-corrected chi connectivity index (χ4v) is 3.23. The Morgan fingerprint density at radius 3 is 2.57 bits per heavy atom. The van der Waals surface area contributed by atoms with Gasteiger partial charge < -0.3 is 15.4 Å². The highest BCUT2D eigenvalue weighted by Gasteiger charge is 2.17. The number of halogens is 1. The number of amides is 2. The van der Waals surface area contributed by atoms with E-state index in [1.54, 1.807) is 25.1 Å². The molecule has 0 unspecified atom stereocenters. The Labute approximate surface area is 168 Å². The van der Waals surface area contributed by atoms with Gasteiger partial charge in [-0.3, -0.25) is 9.59 Å². The van der Waals surface area contributed by atoms with E-state index in [0.29, 0.717) is 16.5 Å². The molecule has 5 nitrogen and oxygen atoms in total. The number of carbonyl (C=O) groups is 2. The van der Waals surface area contributed by atoms with E-state index in [9.17, 15) is 9.59 Å². The molecule has 2 amide bonds. The van der Waals surface area contributed by atoms with E-state index in [4.69, 9.17) is 16.3 Å². The van der Waals surface area contributed by atoms with Crippen molar-refractivity contribution in [2.75, 3.05) is 12.4 Å². The number of fused-ring (bicyclic) bond motifs is 1. The van der Waals surface area contributed by atoms with Gasteiger partial charge in [0.1, 0.15) is 11.8 Å². The molecule has 0 radical (unpaired) electrons. The first-order valence-electron chi connectivity index (χ1n) is 8.88. The number of rotatable bonds is 6. The maximum Gasteiger partial charge on any atom is 0.246 e. The molecule has 0 fully saturated rings. The fourth-order valence-electron chi connectivity index (χ4n) is 2.97. The van der Waals surface area contributed by atoms with Crippen LogP contribution in [0.3, 0.4) is 0 Å². The second kappa shape index (κ2) is 8.76. The van der Waals surface area contributed by atoms with Crippen LogP contribution in [0.2, 0.25) is 5.02 Å². The third-order valence-electron chi connectivity index (χ3n) is 4.42. The van der Waals surface area contributed by atoms with Crippen LogP contribution < -0.4 is 15.4 Å². The highest BCUT2D eigenvalue weighted by atomic mass is 35.5. The fraction of sp³-hybridized carbons (Fsp3) is 0.182. The topological polar surface area (TPSA) is 67.4 Å². The zero-order valence-electron chi connectivity index (χ0n) is 15.7. The third kappa shape index (κ3) is 4.61. The van der Waals surface area contributed by atoms with Crippen LogP contribution in [0.4, 0.5) is 5.69 Å². The lowest BCUT2D eigenvalue weighted by atomic mass is 10.0. The minimum Gasteiger partial charge on any atom is -0.495 e. The van der Waals surface area contributed by atoms with Crippen LogP contribution >= 0.6 is 11.6 Å². The molecule has 0 aliphatic heterocycles. The summed E-state index contributed by atoms with van der Waals surface area (Å²) in [5.41, 5.74) is 1.45. The molecule has 0 saturated heterocycles. The van der Waals surface area contributed by atoms with Crippen molar-refractivity contribution >= 4 is 39.9 Å². The largest absolute Gasteiger partial charge is 0.495 e. The van der Waals surface area contributed by atoms with Crippen molar-refractivity contribution in [1.29, 1.82) is 0 Å². The highest BCUT2D eigenvalue weighted by molar-refractivity contribution is 6.32. The number of carbonyl (C=O) groups excluding carboxylic acids is 2. The number of benzene rings is 3. The molecular weight excluding hydrogens is 376 g/mol. The lowest BCUT2D eigenvalue weighted by Gasteiger charge is -2.15. The summed E-state index contributed by atoms with van der Waals surface area (Å²) in [6.45, 7) is 1.64. The number of anilines is 1. The highest BCUT2D eigenvalue weighted by Crippen LogP contribution is 2.27. The molecule has 3 aromatic rings. The lowest BCUT2D eigenvalue weighted by Crippen LogP contribution is -2.42. The van der Waals surface area contributed by atoms with Crippen LogP contribution in [0.5, 0.6) is 5.75 Å². The molecule has 144 valence electrons. The second-order valence-electron chi connectivity index (χ2n) is 6.44. The first-order chi connectivity index (χ1) is 13.5. The van der Waals surface area contributed by atoms with E-state index in [1.165, 1.54) is 7.11 Å². The van der Waals surface area contributed by atoms with Gasteiger partial charge in [0.05, 0.1) is 18.6 Å². The molecule has 28 heavy (non-hydrogen) atoms. The lowest BCUT2D eigenvalue weighted by molar-refractivity contribution is -0.125. The smallest absolute Gasteiger partial charge is 0.246 e. The van der Waals surface area contributed by atoms with Gasteiger partial charge >= 0.3 is 0 Å². The van der Waals surface area contributed by atoms with Crippen molar-refractivity contribution in [3.63, 3.8) is 0 Å². The molecule has 0 aromatic heterocycles. The molecule has 6 heteroatoms. The first-order valence-corrected chi connectivity index (χ1v) is 9.26. The van der Waals surface area contributed by atoms with Gasteiger partial charge in [-0.15, -0.1) is 0 Å². The second-order valence-corrected chi connectivity index (χ2v) is 6.85. The molecule has 1 atom stereocenters. The molecule has 0 spiro atoms. The number of methoxy groups -OCH3 is 1. The van der Waals surface area contributed by atoms with Crippen molar-refractivity contribution in [2.24, 2.45) is 0 Å². The molecule has 0 heterocycles. The maximum absolute atomic E-state index is 12.4. The van der Waals surface area contributed by atoms with Crippen LogP contribution in [0.25, 0.3) is 10.8 Å². The Morgan fingerprint density at radius 2 is 1.82 bits per heavy atom.